The molecule has 0 radical (unpaired) electrons. The number of carbonyl (C=O) groups excluding carboxylic acids is 2. The molecule has 2 unspecified atom stereocenters. The second-order valence-corrected chi connectivity index (χ2v) is 7.99. The normalized spacial score (nSPS) is 21.7. The summed E-state index contributed by atoms with van der Waals surface area (Å²) in [6, 6.07) is 11.2. The summed E-state index contributed by atoms with van der Waals surface area (Å²) in [6.07, 6.45) is -0.410. The Bertz CT molecular complexity index is 1010. The second-order valence-electron chi connectivity index (χ2n) is 7.99. The molecule has 2 aliphatic rings. The van der Waals surface area contributed by atoms with Gasteiger partial charge in [0, 0.05) is 55.7 Å². The Morgan fingerprint density at radius 1 is 1.13 bits per heavy atom. The summed E-state index contributed by atoms with van der Waals surface area (Å²) in [6.45, 7) is 2.90. The standard InChI is InChI=1S/C22H24N4O4/c1-12-4-3-5-13(6-12)7-15-8-14(9-18(24-15)21(28)23-2)20(27)25-19-16-10-26(22(29)30)11-17(16)19/h3-6,8-9,16-17,19H,7,10-11H2,1-2H3,(H,23,28)(H,25,27)(H,29,30). The average molecular weight is 408 g/mol. The van der Waals surface area contributed by atoms with Crippen LogP contribution in [0.4, 0.5) is 4.79 Å². The highest BCUT2D eigenvalue weighted by molar-refractivity contribution is 5.99. The number of nitrogens with zero attached hydrogens (tertiary/aromatic N) is 2. The largest absolute Gasteiger partial charge is 0.465 e. The minimum atomic E-state index is -0.919. The van der Waals surface area contributed by atoms with E-state index in [0.29, 0.717) is 30.8 Å². The third-order valence-corrected chi connectivity index (χ3v) is 5.83. The van der Waals surface area contributed by atoms with Gasteiger partial charge < -0.3 is 20.6 Å². The molecule has 0 bridgehead atoms. The van der Waals surface area contributed by atoms with Crippen LogP contribution in [0.5, 0.6) is 0 Å². The van der Waals surface area contributed by atoms with Gasteiger partial charge in [-0.15, -0.1) is 0 Å². The molecule has 8 nitrogen and oxygen atoms in total. The van der Waals surface area contributed by atoms with Crippen molar-refractivity contribution < 1.29 is 19.5 Å². The van der Waals surface area contributed by atoms with Gasteiger partial charge in [0.05, 0.1) is 0 Å². The first-order chi connectivity index (χ1) is 14.4. The first-order valence-electron chi connectivity index (χ1n) is 9.93. The van der Waals surface area contributed by atoms with Gasteiger partial charge >= 0.3 is 6.09 Å². The number of hydrogen-bond acceptors (Lipinski definition) is 4. The average Bonchev–Trinajstić information content (AvgIpc) is 3.14. The van der Waals surface area contributed by atoms with Crippen molar-refractivity contribution in [2.75, 3.05) is 20.1 Å². The molecule has 3 amide bonds. The molecule has 2 heterocycles. The Hall–Kier alpha value is -3.42. The molecular weight excluding hydrogens is 384 g/mol. The molecule has 1 aromatic carbocycles. The van der Waals surface area contributed by atoms with Crippen LogP contribution in [0.3, 0.4) is 0 Å². The summed E-state index contributed by atoms with van der Waals surface area (Å²) >= 11 is 0. The Morgan fingerprint density at radius 2 is 1.87 bits per heavy atom. The highest BCUT2D eigenvalue weighted by Crippen LogP contribution is 2.45. The van der Waals surface area contributed by atoms with E-state index in [0.717, 1.165) is 11.1 Å². The van der Waals surface area contributed by atoms with Crippen molar-refractivity contribution in [1.29, 1.82) is 0 Å². The number of fused-ring (bicyclic) bond motifs is 1. The maximum Gasteiger partial charge on any atom is 0.407 e. The van der Waals surface area contributed by atoms with Crippen LogP contribution in [0.2, 0.25) is 0 Å². The smallest absolute Gasteiger partial charge is 0.407 e. The molecule has 2 aromatic rings. The number of aromatic nitrogens is 1. The number of nitrogens with one attached hydrogen (secondary N) is 2. The quantitative estimate of drug-likeness (QED) is 0.697. The second kappa shape index (κ2) is 7.78. The van der Waals surface area contributed by atoms with Crippen LogP contribution in [0.25, 0.3) is 0 Å². The number of pyridine rings is 1. The maximum atomic E-state index is 12.9. The molecule has 2 fully saturated rings. The van der Waals surface area contributed by atoms with E-state index in [1.54, 1.807) is 6.07 Å². The molecule has 1 aromatic heterocycles. The van der Waals surface area contributed by atoms with Crippen LogP contribution in [-0.4, -0.2) is 59.1 Å². The predicted molar refractivity (Wildman–Crippen MR) is 109 cm³/mol. The predicted octanol–water partition coefficient (Wildman–Crippen LogP) is 1.68. The lowest BCUT2D eigenvalue weighted by molar-refractivity contribution is 0.0943. The van der Waals surface area contributed by atoms with Crippen LogP contribution in [0, 0.1) is 18.8 Å². The van der Waals surface area contributed by atoms with E-state index in [1.807, 2.05) is 31.2 Å². The highest BCUT2D eigenvalue weighted by atomic mass is 16.4. The number of rotatable bonds is 5. The lowest BCUT2D eigenvalue weighted by Crippen LogP contribution is -2.36. The lowest BCUT2D eigenvalue weighted by Gasteiger charge is -2.16. The summed E-state index contributed by atoms with van der Waals surface area (Å²) < 4.78 is 0. The molecule has 4 rings (SSSR count). The molecule has 2 atom stereocenters. The molecule has 30 heavy (non-hydrogen) atoms. The fraction of sp³-hybridized carbons (Fsp3) is 0.364. The Labute approximate surface area is 174 Å². The first-order valence-corrected chi connectivity index (χ1v) is 9.93. The van der Waals surface area contributed by atoms with Gasteiger partial charge in [-0.05, 0) is 24.6 Å². The Kier molecular flexibility index (Phi) is 5.15. The molecule has 1 saturated heterocycles. The van der Waals surface area contributed by atoms with Crippen molar-refractivity contribution in [2.24, 2.45) is 11.8 Å². The van der Waals surface area contributed by atoms with Crippen LogP contribution >= 0.6 is 0 Å². The molecule has 1 aliphatic heterocycles. The summed E-state index contributed by atoms with van der Waals surface area (Å²) in [5.41, 5.74) is 3.39. The SMILES string of the molecule is CNC(=O)c1cc(C(=O)NC2C3CN(C(=O)O)CC32)cc(Cc2cccc(C)c2)n1. The summed E-state index contributed by atoms with van der Waals surface area (Å²) in [5, 5.41) is 14.6. The van der Waals surface area contributed by atoms with Crippen molar-refractivity contribution >= 4 is 17.9 Å². The van der Waals surface area contributed by atoms with Crippen molar-refractivity contribution in [3.8, 4) is 0 Å². The summed E-state index contributed by atoms with van der Waals surface area (Å²) in [7, 11) is 1.52. The number of piperidine rings is 1. The van der Waals surface area contributed by atoms with Crippen LogP contribution in [0.15, 0.2) is 36.4 Å². The number of aryl methyl sites for hydroxylation is 1. The van der Waals surface area contributed by atoms with Gasteiger partial charge in [-0.1, -0.05) is 29.8 Å². The molecule has 8 heteroatoms. The monoisotopic (exact) mass is 408 g/mol. The minimum absolute atomic E-state index is 0.0232. The van der Waals surface area contributed by atoms with Gasteiger partial charge in [-0.3, -0.25) is 9.59 Å². The van der Waals surface area contributed by atoms with E-state index >= 15 is 0 Å². The highest BCUT2D eigenvalue weighted by Gasteiger charge is 2.57. The first kappa shape index (κ1) is 19.9. The van der Waals surface area contributed by atoms with Gasteiger partial charge in [-0.2, -0.15) is 0 Å². The van der Waals surface area contributed by atoms with E-state index in [2.05, 4.69) is 15.6 Å². The molecular formula is C22H24N4O4. The number of carboxylic acid groups (broad SMARTS) is 1. The molecule has 1 saturated carbocycles. The fourth-order valence-electron chi connectivity index (χ4n) is 4.22. The van der Waals surface area contributed by atoms with Gasteiger partial charge in [0.25, 0.3) is 11.8 Å². The van der Waals surface area contributed by atoms with E-state index in [9.17, 15) is 14.4 Å². The topological polar surface area (TPSA) is 112 Å². The van der Waals surface area contributed by atoms with Gasteiger partial charge in [0.2, 0.25) is 0 Å². The zero-order valence-electron chi connectivity index (χ0n) is 16.9. The van der Waals surface area contributed by atoms with Gasteiger partial charge in [0.1, 0.15) is 5.69 Å². The van der Waals surface area contributed by atoms with Crippen LogP contribution in [-0.2, 0) is 6.42 Å². The van der Waals surface area contributed by atoms with Crippen molar-refractivity contribution in [3.05, 3.63) is 64.5 Å². The minimum Gasteiger partial charge on any atom is -0.465 e. The van der Waals surface area contributed by atoms with E-state index in [-0.39, 0.29) is 35.4 Å². The molecule has 3 N–H and O–H groups in total. The molecule has 156 valence electrons. The number of benzene rings is 1. The van der Waals surface area contributed by atoms with Gasteiger partial charge in [0.15, 0.2) is 0 Å². The number of carbonyl (C=O) groups is 3. The molecule has 1 aliphatic carbocycles. The summed E-state index contributed by atoms with van der Waals surface area (Å²) in [4.78, 5) is 41.9. The van der Waals surface area contributed by atoms with E-state index in [4.69, 9.17) is 5.11 Å². The Morgan fingerprint density at radius 3 is 2.50 bits per heavy atom. The maximum absolute atomic E-state index is 12.9. The van der Waals surface area contributed by atoms with Crippen LogP contribution < -0.4 is 10.6 Å². The van der Waals surface area contributed by atoms with Crippen LogP contribution in [0.1, 0.15) is 37.7 Å². The molecule has 0 spiro atoms. The van der Waals surface area contributed by atoms with Crippen molar-refractivity contribution in [2.45, 2.75) is 19.4 Å². The van der Waals surface area contributed by atoms with Crippen molar-refractivity contribution in [1.82, 2.24) is 20.5 Å². The van der Waals surface area contributed by atoms with Gasteiger partial charge in [-0.25, -0.2) is 9.78 Å². The third-order valence-electron chi connectivity index (χ3n) is 5.83. The zero-order chi connectivity index (χ0) is 21.4. The van der Waals surface area contributed by atoms with E-state index < -0.39 is 6.09 Å². The third kappa shape index (κ3) is 3.98. The number of amides is 3. The zero-order valence-corrected chi connectivity index (χ0v) is 16.9. The number of likely N-dealkylation sites (tertiary alicyclic amines) is 1. The fourth-order valence-corrected chi connectivity index (χ4v) is 4.22. The van der Waals surface area contributed by atoms with Crippen molar-refractivity contribution in [3.63, 3.8) is 0 Å². The number of hydrogen-bond donors (Lipinski definition) is 3. The van der Waals surface area contributed by atoms with E-state index in [1.165, 1.54) is 18.0 Å². The Balaban J connectivity index is 1.51. The summed E-state index contributed by atoms with van der Waals surface area (Å²) in [5.74, 6) is -0.293. The lowest BCUT2D eigenvalue weighted by atomic mass is 10.0.